The van der Waals surface area contributed by atoms with Crippen LogP contribution >= 0.6 is 0 Å². The van der Waals surface area contributed by atoms with Crippen molar-refractivity contribution in [1.82, 2.24) is 15.0 Å². The van der Waals surface area contributed by atoms with E-state index in [0.717, 1.165) is 48.7 Å². The van der Waals surface area contributed by atoms with E-state index in [1.807, 2.05) is 18.3 Å². The van der Waals surface area contributed by atoms with Gasteiger partial charge < -0.3 is 5.32 Å². The first kappa shape index (κ1) is 14.4. The van der Waals surface area contributed by atoms with Crippen molar-refractivity contribution in [2.45, 2.75) is 40.0 Å². The Labute approximate surface area is 120 Å². The molecular weight excluding hydrogens is 248 g/mol. The number of hydrogen-bond donors (Lipinski definition) is 1. The minimum atomic E-state index is 0.794. The van der Waals surface area contributed by atoms with Gasteiger partial charge in [0.1, 0.15) is 5.82 Å². The first-order valence-electron chi connectivity index (χ1n) is 7.33. The second kappa shape index (κ2) is 6.98. The van der Waals surface area contributed by atoms with Crippen molar-refractivity contribution in [3.63, 3.8) is 0 Å². The van der Waals surface area contributed by atoms with Crippen LogP contribution in [0.1, 0.15) is 38.4 Å². The van der Waals surface area contributed by atoms with E-state index < -0.39 is 0 Å². The SMILES string of the molecule is CCCNc1cc(CC)nc(-c2ccncc2CC)n1. The molecule has 0 saturated heterocycles. The predicted octanol–water partition coefficient (Wildman–Crippen LogP) is 3.49. The molecule has 106 valence electrons. The Morgan fingerprint density at radius 2 is 1.95 bits per heavy atom. The van der Waals surface area contributed by atoms with Gasteiger partial charge in [0.05, 0.1) is 0 Å². The van der Waals surface area contributed by atoms with Gasteiger partial charge in [-0.2, -0.15) is 0 Å². The van der Waals surface area contributed by atoms with Gasteiger partial charge in [-0.1, -0.05) is 20.8 Å². The lowest BCUT2D eigenvalue weighted by Crippen LogP contribution is -2.06. The Hall–Kier alpha value is -1.97. The Morgan fingerprint density at radius 1 is 1.10 bits per heavy atom. The minimum Gasteiger partial charge on any atom is -0.370 e. The summed E-state index contributed by atoms with van der Waals surface area (Å²) in [5.74, 6) is 1.70. The number of nitrogens with zero attached hydrogens (tertiary/aromatic N) is 3. The Bertz CT molecular complexity index is 566. The zero-order valence-electron chi connectivity index (χ0n) is 12.5. The van der Waals surface area contributed by atoms with E-state index in [9.17, 15) is 0 Å². The van der Waals surface area contributed by atoms with Crippen LogP contribution in [0, 0.1) is 0 Å². The maximum atomic E-state index is 4.66. The Balaban J connectivity index is 2.44. The molecule has 0 aliphatic heterocycles. The molecule has 0 bridgehead atoms. The van der Waals surface area contributed by atoms with Gasteiger partial charge >= 0.3 is 0 Å². The molecule has 4 nitrogen and oxygen atoms in total. The van der Waals surface area contributed by atoms with Gasteiger partial charge in [0.25, 0.3) is 0 Å². The zero-order valence-corrected chi connectivity index (χ0v) is 12.5. The molecule has 2 rings (SSSR count). The van der Waals surface area contributed by atoms with Gasteiger partial charge in [0, 0.05) is 36.3 Å². The second-order valence-electron chi connectivity index (χ2n) is 4.73. The summed E-state index contributed by atoms with van der Waals surface area (Å²) in [6.07, 6.45) is 6.62. The van der Waals surface area contributed by atoms with Crippen LogP contribution in [0.4, 0.5) is 5.82 Å². The summed E-state index contributed by atoms with van der Waals surface area (Å²) in [6.45, 7) is 7.31. The molecule has 0 spiro atoms. The number of rotatable bonds is 6. The molecule has 0 unspecified atom stereocenters. The van der Waals surface area contributed by atoms with E-state index >= 15 is 0 Å². The van der Waals surface area contributed by atoms with Crippen LogP contribution < -0.4 is 5.32 Å². The van der Waals surface area contributed by atoms with Gasteiger partial charge in [-0.25, -0.2) is 9.97 Å². The van der Waals surface area contributed by atoms with Crippen LogP contribution in [0.15, 0.2) is 24.5 Å². The second-order valence-corrected chi connectivity index (χ2v) is 4.73. The van der Waals surface area contributed by atoms with E-state index in [1.54, 1.807) is 6.20 Å². The molecule has 0 aliphatic carbocycles. The standard InChI is InChI=1S/C16H22N4/c1-4-8-18-15-10-13(6-3)19-16(20-15)14-7-9-17-11-12(14)5-2/h7,9-11H,4-6,8H2,1-3H3,(H,18,19,20). The van der Waals surface area contributed by atoms with Crippen molar-refractivity contribution < 1.29 is 0 Å². The summed E-state index contributed by atoms with van der Waals surface area (Å²) in [6, 6.07) is 4.03. The summed E-state index contributed by atoms with van der Waals surface area (Å²) in [4.78, 5) is 13.5. The molecule has 1 N–H and O–H groups in total. The topological polar surface area (TPSA) is 50.7 Å². The fourth-order valence-corrected chi connectivity index (χ4v) is 2.07. The van der Waals surface area contributed by atoms with E-state index in [1.165, 1.54) is 5.56 Å². The number of aryl methyl sites for hydroxylation is 2. The molecule has 0 fully saturated rings. The first-order chi connectivity index (χ1) is 9.78. The number of anilines is 1. The van der Waals surface area contributed by atoms with Crippen molar-refractivity contribution in [1.29, 1.82) is 0 Å². The average molecular weight is 270 g/mol. The quantitative estimate of drug-likeness (QED) is 0.873. The monoisotopic (exact) mass is 270 g/mol. The van der Waals surface area contributed by atoms with Gasteiger partial charge in [-0.15, -0.1) is 0 Å². The fourth-order valence-electron chi connectivity index (χ4n) is 2.07. The van der Waals surface area contributed by atoms with E-state index in [4.69, 9.17) is 0 Å². The highest BCUT2D eigenvalue weighted by molar-refractivity contribution is 5.61. The van der Waals surface area contributed by atoms with Gasteiger partial charge in [0.15, 0.2) is 5.82 Å². The van der Waals surface area contributed by atoms with Gasteiger partial charge in [0.2, 0.25) is 0 Å². The lowest BCUT2D eigenvalue weighted by atomic mass is 10.1. The Kier molecular flexibility index (Phi) is 5.04. The number of pyridine rings is 1. The minimum absolute atomic E-state index is 0.794. The smallest absolute Gasteiger partial charge is 0.162 e. The number of aromatic nitrogens is 3. The molecule has 0 amide bonds. The summed E-state index contributed by atoms with van der Waals surface area (Å²) >= 11 is 0. The molecule has 2 heterocycles. The molecule has 2 aromatic heterocycles. The molecule has 0 aromatic carbocycles. The van der Waals surface area contributed by atoms with Crippen molar-refractivity contribution in [3.05, 3.63) is 35.8 Å². The molecule has 0 aliphatic rings. The van der Waals surface area contributed by atoms with Crippen LogP contribution in [0.2, 0.25) is 0 Å². The van der Waals surface area contributed by atoms with E-state index in [0.29, 0.717) is 0 Å². The molecule has 0 atom stereocenters. The Morgan fingerprint density at radius 3 is 2.65 bits per heavy atom. The van der Waals surface area contributed by atoms with Crippen LogP contribution in [-0.2, 0) is 12.8 Å². The van der Waals surface area contributed by atoms with E-state index in [2.05, 4.69) is 41.0 Å². The maximum Gasteiger partial charge on any atom is 0.162 e. The number of nitrogens with one attached hydrogen (secondary N) is 1. The fraction of sp³-hybridized carbons (Fsp3) is 0.438. The summed E-state index contributed by atoms with van der Waals surface area (Å²) in [5.41, 5.74) is 3.33. The van der Waals surface area contributed by atoms with Gasteiger partial charge in [-0.3, -0.25) is 4.98 Å². The predicted molar refractivity (Wildman–Crippen MR) is 82.8 cm³/mol. The van der Waals surface area contributed by atoms with Gasteiger partial charge in [-0.05, 0) is 30.9 Å². The van der Waals surface area contributed by atoms with Crippen LogP contribution in [-0.4, -0.2) is 21.5 Å². The molecule has 4 heteroatoms. The van der Waals surface area contributed by atoms with Crippen LogP contribution in [0.25, 0.3) is 11.4 Å². The highest BCUT2D eigenvalue weighted by Crippen LogP contribution is 2.22. The largest absolute Gasteiger partial charge is 0.370 e. The van der Waals surface area contributed by atoms with Crippen molar-refractivity contribution >= 4 is 5.82 Å². The van der Waals surface area contributed by atoms with Crippen LogP contribution in [0.5, 0.6) is 0 Å². The third-order valence-corrected chi connectivity index (χ3v) is 3.22. The highest BCUT2D eigenvalue weighted by atomic mass is 15.0. The van der Waals surface area contributed by atoms with Crippen molar-refractivity contribution in [3.8, 4) is 11.4 Å². The number of hydrogen-bond acceptors (Lipinski definition) is 4. The lowest BCUT2D eigenvalue weighted by Gasteiger charge is -2.10. The lowest BCUT2D eigenvalue weighted by molar-refractivity contribution is 0.949. The maximum absolute atomic E-state index is 4.66. The normalized spacial score (nSPS) is 10.6. The summed E-state index contributed by atoms with van der Waals surface area (Å²) < 4.78 is 0. The molecular formula is C16H22N4. The summed E-state index contributed by atoms with van der Waals surface area (Å²) in [5, 5.41) is 3.35. The molecule has 0 saturated carbocycles. The van der Waals surface area contributed by atoms with Crippen molar-refractivity contribution in [2.75, 3.05) is 11.9 Å². The highest BCUT2D eigenvalue weighted by Gasteiger charge is 2.09. The third-order valence-electron chi connectivity index (χ3n) is 3.22. The zero-order chi connectivity index (χ0) is 14.4. The molecule has 2 aromatic rings. The van der Waals surface area contributed by atoms with Crippen molar-refractivity contribution in [2.24, 2.45) is 0 Å². The third kappa shape index (κ3) is 3.32. The van der Waals surface area contributed by atoms with E-state index in [-0.39, 0.29) is 0 Å². The molecule has 20 heavy (non-hydrogen) atoms. The molecule has 0 radical (unpaired) electrons. The van der Waals surface area contributed by atoms with Crippen LogP contribution in [0.3, 0.4) is 0 Å². The first-order valence-corrected chi connectivity index (χ1v) is 7.33. The summed E-state index contributed by atoms with van der Waals surface area (Å²) in [7, 11) is 0. The average Bonchev–Trinajstić information content (AvgIpc) is 2.52.